The smallest absolute Gasteiger partial charge is 0.240 e. The van der Waals surface area contributed by atoms with Crippen LogP contribution in [0.3, 0.4) is 0 Å². The van der Waals surface area contributed by atoms with Gasteiger partial charge in [0.1, 0.15) is 5.82 Å². The lowest BCUT2D eigenvalue weighted by Gasteiger charge is -2.36. The quantitative estimate of drug-likeness (QED) is 0.833. The Labute approximate surface area is 147 Å². The average Bonchev–Trinajstić information content (AvgIpc) is 2.62. The summed E-state index contributed by atoms with van der Waals surface area (Å²) in [5.41, 5.74) is 0. The molecule has 6 nitrogen and oxygen atoms in total. The first-order valence-corrected chi connectivity index (χ1v) is 10.2. The van der Waals surface area contributed by atoms with Crippen LogP contribution in [0.15, 0.2) is 29.2 Å². The van der Waals surface area contributed by atoms with E-state index < -0.39 is 15.8 Å². The van der Waals surface area contributed by atoms with Crippen LogP contribution in [0.1, 0.15) is 25.7 Å². The Bertz CT molecular complexity index is 720. The van der Waals surface area contributed by atoms with Gasteiger partial charge < -0.3 is 10.2 Å². The summed E-state index contributed by atoms with van der Waals surface area (Å²) in [4.78, 5) is 14.3. The number of piperidine rings is 2. The lowest BCUT2D eigenvalue weighted by Crippen LogP contribution is -2.51. The summed E-state index contributed by atoms with van der Waals surface area (Å²) in [6.45, 7) is 2.73. The van der Waals surface area contributed by atoms with Crippen LogP contribution < -0.4 is 10.0 Å². The lowest BCUT2D eigenvalue weighted by atomic mass is 9.95. The number of sulfonamides is 1. The Morgan fingerprint density at radius 2 is 2.00 bits per heavy atom. The summed E-state index contributed by atoms with van der Waals surface area (Å²) in [6.07, 6.45) is 3.08. The zero-order chi connectivity index (χ0) is 17.9. The second-order valence-electron chi connectivity index (χ2n) is 6.73. The molecule has 0 radical (unpaired) electrons. The zero-order valence-corrected chi connectivity index (χ0v) is 14.9. The fraction of sp³-hybridized carbons (Fsp3) is 0.588. The number of hydrogen-bond acceptors (Lipinski definition) is 4. The van der Waals surface area contributed by atoms with Crippen LogP contribution in [0, 0.1) is 11.7 Å². The van der Waals surface area contributed by atoms with Crippen molar-refractivity contribution in [2.24, 2.45) is 5.92 Å². The third-order valence-corrected chi connectivity index (χ3v) is 6.37. The molecule has 2 heterocycles. The van der Waals surface area contributed by atoms with Crippen LogP contribution in [0.25, 0.3) is 0 Å². The zero-order valence-electron chi connectivity index (χ0n) is 14.1. The molecule has 0 aromatic heterocycles. The molecule has 1 aromatic carbocycles. The number of halogens is 1. The van der Waals surface area contributed by atoms with Gasteiger partial charge in [0.05, 0.1) is 4.90 Å². The summed E-state index contributed by atoms with van der Waals surface area (Å²) in [5, 5.41) is 3.24. The van der Waals surface area contributed by atoms with E-state index in [0.29, 0.717) is 19.5 Å². The van der Waals surface area contributed by atoms with E-state index in [4.69, 9.17) is 0 Å². The van der Waals surface area contributed by atoms with Crippen molar-refractivity contribution in [2.75, 3.05) is 26.2 Å². The monoisotopic (exact) mass is 369 g/mol. The Morgan fingerprint density at radius 3 is 2.72 bits per heavy atom. The number of carbonyl (C=O) groups excluding carboxylic acids is 1. The first kappa shape index (κ1) is 18.3. The molecule has 1 atom stereocenters. The maximum absolute atomic E-state index is 13.3. The number of benzene rings is 1. The molecular formula is C17H24FN3O3S. The summed E-state index contributed by atoms with van der Waals surface area (Å²) in [7, 11) is -3.79. The SMILES string of the molecule is O=C(C1CCNCC1)N1CCCC(NS(=O)(=O)c2cccc(F)c2)C1. The molecule has 2 aliphatic heterocycles. The van der Waals surface area contributed by atoms with Gasteiger partial charge in [-0.25, -0.2) is 17.5 Å². The van der Waals surface area contributed by atoms with E-state index in [9.17, 15) is 17.6 Å². The van der Waals surface area contributed by atoms with Gasteiger partial charge in [0.25, 0.3) is 0 Å². The summed E-state index contributed by atoms with van der Waals surface area (Å²) in [5.74, 6) is -0.440. The predicted molar refractivity (Wildman–Crippen MR) is 91.9 cm³/mol. The van der Waals surface area contributed by atoms with Gasteiger partial charge in [-0.1, -0.05) is 6.07 Å². The molecule has 2 aliphatic rings. The van der Waals surface area contributed by atoms with E-state index in [1.807, 2.05) is 0 Å². The summed E-state index contributed by atoms with van der Waals surface area (Å²) < 4.78 is 40.8. The molecular weight excluding hydrogens is 345 g/mol. The van der Waals surface area contributed by atoms with Crippen LogP contribution in [-0.4, -0.2) is 51.4 Å². The van der Waals surface area contributed by atoms with E-state index in [2.05, 4.69) is 10.0 Å². The van der Waals surface area contributed by atoms with E-state index in [-0.39, 0.29) is 22.8 Å². The molecule has 25 heavy (non-hydrogen) atoms. The minimum atomic E-state index is -3.79. The molecule has 2 fully saturated rings. The van der Waals surface area contributed by atoms with Crippen molar-refractivity contribution in [1.82, 2.24) is 14.9 Å². The number of carbonyl (C=O) groups is 1. The van der Waals surface area contributed by atoms with E-state index in [0.717, 1.165) is 38.4 Å². The van der Waals surface area contributed by atoms with Gasteiger partial charge in [-0.3, -0.25) is 4.79 Å². The highest BCUT2D eigenvalue weighted by Crippen LogP contribution is 2.20. The van der Waals surface area contributed by atoms with Crippen molar-refractivity contribution in [1.29, 1.82) is 0 Å². The second-order valence-corrected chi connectivity index (χ2v) is 8.44. The topological polar surface area (TPSA) is 78.5 Å². The molecule has 0 saturated carbocycles. The normalized spacial score (nSPS) is 22.8. The Kier molecular flexibility index (Phi) is 5.71. The third-order valence-electron chi connectivity index (χ3n) is 4.85. The molecule has 8 heteroatoms. The van der Waals surface area contributed by atoms with E-state index in [1.165, 1.54) is 18.2 Å². The molecule has 3 rings (SSSR count). The molecule has 2 saturated heterocycles. The average molecular weight is 369 g/mol. The Balaban J connectivity index is 1.64. The van der Waals surface area contributed by atoms with Crippen LogP contribution in [0.4, 0.5) is 4.39 Å². The Hall–Kier alpha value is -1.51. The van der Waals surface area contributed by atoms with Crippen molar-refractivity contribution in [3.05, 3.63) is 30.1 Å². The van der Waals surface area contributed by atoms with Gasteiger partial charge >= 0.3 is 0 Å². The van der Waals surface area contributed by atoms with Gasteiger partial charge in [0, 0.05) is 25.0 Å². The van der Waals surface area contributed by atoms with Gasteiger partial charge in [0.15, 0.2) is 0 Å². The molecule has 0 bridgehead atoms. The Morgan fingerprint density at radius 1 is 1.24 bits per heavy atom. The third kappa shape index (κ3) is 4.56. The number of rotatable bonds is 4. The van der Waals surface area contributed by atoms with Gasteiger partial charge in [-0.15, -0.1) is 0 Å². The van der Waals surface area contributed by atoms with Crippen LogP contribution in [0.5, 0.6) is 0 Å². The van der Waals surface area contributed by atoms with Crippen LogP contribution >= 0.6 is 0 Å². The minimum absolute atomic E-state index is 0.0276. The molecule has 1 aromatic rings. The van der Waals surface area contributed by atoms with Crippen molar-refractivity contribution in [2.45, 2.75) is 36.6 Å². The number of amides is 1. The summed E-state index contributed by atoms with van der Waals surface area (Å²) in [6, 6.07) is 4.61. The van der Waals surface area contributed by atoms with Crippen LogP contribution in [0.2, 0.25) is 0 Å². The highest BCUT2D eigenvalue weighted by atomic mass is 32.2. The highest BCUT2D eigenvalue weighted by Gasteiger charge is 2.31. The first-order chi connectivity index (χ1) is 12.0. The standard InChI is InChI=1S/C17H24FN3O3S/c18-14-3-1-5-16(11-14)25(23,24)20-15-4-2-10-21(12-15)17(22)13-6-8-19-9-7-13/h1,3,5,11,13,15,19-20H,2,4,6-10,12H2. The largest absolute Gasteiger partial charge is 0.341 e. The molecule has 138 valence electrons. The highest BCUT2D eigenvalue weighted by molar-refractivity contribution is 7.89. The number of nitrogens with zero attached hydrogens (tertiary/aromatic N) is 1. The van der Waals surface area contributed by atoms with Crippen molar-refractivity contribution < 1.29 is 17.6 Å². The van der Waals surface area contributed by atoms with E-state index >= 15 is 0 Å². The molecule has 1 unspecified atom stereocenters. The summed E-state index contributed by atoms with van der Waals surface area (Å²) >= 11 is 0. The minimum Gasteiger partial charge on any atom is -0.341 e. The van der Waals surface area contributed by atoms with Crippen molar-refractivity contribution >= 4 is 15.9 Å². The fourth-order valence-corrected chi connectivity index (χ4v) is 4.81. The van der Waals surface area contributed by atoms with Crippen LogP contribution in [-0.2, 0) is 14.8 Å². The molecule has 0 aliphatic carbocycles. The lowest BCUT2D eigenvalue weighted by molar-refractivity contribution is -0.137. The van der Waals surface area contributed by atoms with Gasteiger partial charge in [-0.2, -0.15) is 0 Å². The number of nitrogens with one attached hydrogen (secondary N) is 2. The fourth-order valence-electron chi connectivity index (χ4n) is 3.52. The number of likely N-dealkylation sites (tertiary alicyclic amines) is 1. The van der Waals surface area contributed by atoms with E-state index in [1.54, 1.807) is 4.90 Å². The maximum atomic E-state index is 13.3. The van der Waals surface area contributed by atoms with Gasteiger partial charge in [-0.05, 0) is 57.0 Å². The number of hydrogen-bond donors (Lipinski definition) is 2. The first-order valence-electron chi connectivity index (χ1n) is 8.73. The molecule has 0 spiro atoms. The van der Waals surface area contributed by atoms with Gasteiger partial charge in [0.2, 0.25) is 15.9 Å². The maximum Gasteiger partial charge on any atom is 0.240 e. The molecule has 1 amide bonds. The van der Waals surface area contributed by atoms with Crippen molar-refractivity contribution in [3.63, 3.8) is 0 Å². The predicted octanol–water partition coefficient (Wildman–Crippen LogP) is 1.09. The van der Waals surface area contributed by atoms with Crippen molar-refractivity contribution in [3.8, 4) is 0 Å². The molecule has 2 N–H and O–H groups in total. The second kappa shape index (κ2) is 7.80.